The van der Waals surface area contributed by atoms with Crippen LogP contribution in [0.3, 0.4) is 0 Å². The lowest BCUT2D eigenvalue weighted by Crippen LogP contribution is -2.18. The predicted molar refractivity (Wildman–Crippen MR) is 59.4 cm³/mol. The van der Waals surface area contributed by atoms with E-state index in [9.17, 15) is 9.59 Å². The van der Waals surface area contributed by atoms with Crippen molar-refractivity contribution in [2.75, 3.05) is 11.9 Å². The normalized spacial score (nSPS) is 10.1. The van der Waals surface area contributed by atoms with Crippen LogP contribution in [0.2, 0.25) is 0 Å². The van der Waals surface area contributed by atoms with Gasteiger partial charge in [0, 0.05) is 12.2 Å². The van der Waals surface area contributed by atoms with Gasteiger partial charge in [0.1, 0.15) is 0 Å². The number of benzene rings is 1. The van der Waals surface area contributed by atoms with Gasteiger partial charge in [0.05, 0.1) is 0 Å². The van der Waals surface area contributed by atoms with E-state index >= 15 is 0 Å². The molecule has 16 heavy (non-hydrogen) atoms. The molecule has 0 saturated heterocycles. The molecule has 0 aliphatic carbocycles. The van der Waals surface area contributed by atoms with Gasteiger partial charge in [-0.1, -0.05) is 28.4 Å². The fraction of sp³-hybridized carbons (Fsp3) is 0.200. The summed E-state index contributed by atoms with van der Waals surface area (Å²) in [6.07, 6.45) is 0. The maximum atomic E-state index is 11.2. The van der Waals surface area contributed by atoms with Crippen molar-refractivity contribution in [2.24, 2.45) is 10.2 Å². The van der Waals surface area contributed by atoms with Crippen LogP contribution in [-0.2, 0) is 0 Å². The summed E-state index contributed by atoms with van der Waals surface area (Å²) in [6, 6.07) is 7.47. The Hall–Kier alpha value is -2.24. The first kappa shape index (κ1) is 11.8. The smallest absolute Gasteiger partial charge is 0.335 e. The zero-order chi connectivity index (χ0) is 11.8. The summed E-state index contributed by atoms with van der Waals surface area (Å²) in [5, 5.41) is 11.2. The van der Waals surface area contributed by atoms with E-state index in [-0.39, 0.29) is 0 Å². The highest BCUT2D eigenvalue weighted by molar-refractivity contribution is 5.90. The number of amides is 4. The number of nitrogens with one attached hydrogen (secondary N) is 2. The number of urea groups is 2. The molecule has 0 atom stereocenters. The van der Waals surface area contributed by atoms with Crippen LogP contribution in [0.4, 0.5) is 15.3 Å². The molecule has 6 nitrogen and oxygen atoms in total. The molecule has 0 aromatic heterocycles. The van der Waals surface area contributed by atoms with Crippen molar-refractivity contribution in [1.82, 2.24) is 5.32 Å². The maximum absolute atomic E-state index is 11.2. The second-order valence-electron chi connectivity index (χ2n) is 2.83. The van der Waals surface area contributed by atoms with E-state index in [1.807, 2.05) is 6.07 Å². The van der Waals surface area contributed by atoms with Gasteiger partial charge in [-0.05, 0) is 19.1 Å². The van der Waals surface area contributed by atoms with Gasteiger partial charge in [-0.25, -0.2) is 9.59 Å². The van der Waals surface area contributed by atoms with Crippen LogP contribution in [0.5, 0.6) is 0 Å². The molecule has 0 fully saturated rings. The van der Waals surface area contributed by atoms with E-state index in [0.717, 1.165) is 0 Å². The Morgan fingerprint density at radius 2 is 1.75 bits per heavy atom. The number of carbonyl (C=O) groups excluding carboxylic acids is 2. The summed E-state index contributed by atoms with van der Waals surface area (Å²) in [7, 11) is 0. The Kier molecular flexibility index (Phi) is 4.65. The van der Waals surface area contributed by atoms with Gasteiger partial charge < -0.3 is 10.6 Å². The third kappa shape index (κ3) is 4.32. The van der Waals surface area contributed by atoms with E-state index in [1.165, 1.54) is 0 Å². The highest BCUT2D eigenvalue weighted by atomic mass is 16.2. The minimum Gasteiger partial charge on any atom is -0.335 e. The van der Waals surface area contributed by atoms with E-state index in [2.05, 4.69) is 20.9 Å². The molecular weight excluding hydrogens is 208 g/mol. The van der Waals surface area contributed by atoms with Crippen molar-refractivity contribution in [3.63, 3.8) is 0 Å². The molecule has 0 aliphatic rings. The molecule has 1 rings (SSSR count). The summed E-state index contributed by atoms with van der Waals surface area (Å²) < 4.78 is 0. The molecule has 0 saturated carbocycles. The quantitative estimate of drug-likeness (QED) is 0.750. The van der Waals surface area contributed by atoms with Crippen LogP contribution in [0, 0.1) is 0 Å². The molecule has 0 radical (unpaired) electrons. The third-order valence-electron chi connectivity index (χ3n) is 1.58. The summed E-state index contributed by atoms with van der Waals surface area (Å²) in [5.41, 5.74) is 0.599. The molecule has 0 aliphatic heterocycles. The van der Waals surface area contributed by atoms with Crippen molar-refractivity contribution in [1.29, 1.82) is 0 Å². The first-order chi connectivity index (χ1) is 7.72. The van der Waals surface area contributed by atoms with Gasteiger partial charge in [0.25, 0.3) is 0 Å². The summed E-state index contributed by atoms with van der Waals surface area (Å²) in [4.78, 5) is 22.0. The van der Waals surface area contributed by atoms with E-state index in [1.54, 1.807) is 31.2 Å². The van der Waals surface area contributed by atoms with Gasteiger partial charge in [0.2, 0.25) is 0 Å². The fourth-order valence-electron chi connectivity index (χ4n) is 0.947. The molecule has 2 N–H and O–H groups in total. The average molecular weight is 220 g/mol. The Bertz CT molecular complexity index is 389. The lowest BCUT2D eigenvalue weighted by atomic mass is 10.3. The fourth-order valence-corrected chi connectivity index (χ4v) is 0.947. The summed E-state index contributed by atoms with van der Waals surface area (Å²) in [6.45, 7) is 2.19. The minimum absolute atomic E-state index is 0.443. The average Bonchev–Trinajstić information content (AvgIpc) is 2.28. The van der Waals surface area contributed by atoms with Crippen LogP contribution < -0.4 is 10.6 Å². The molecule has 84 valence electrons. The minimum atomic E-state index is -0.683. The number of anilines is 1. The number of rotatable bonds is 2. The molecule has 1 aromatic carbocycles. The Morgan fingerprint density at radius 1 is 1.12 bits per heavy atom. The van der Waals surface area contributed by atoms with E-state index in [0.29, 0.717) is 12.2 Å². The van der Waals surface area contributed by atoms with Crippen LogP contribution >= 0.6 is 0 Å². The second-order valence-corrected chi connectivity index (χ2v) is 2.83. The molecule has 6 heteroatoms. The number of nitrogens with zero attached hydrogens (tertiary/aromatic N) is 2. The van der Waals surface area contributed by atoms with Crippen LogP contribution in [-0.4, -0.2) is 18.6 Å². The summed E-state index contributed by atoms with van der Waals surface area (Å²) >= 11 is 0. The number of para-hydroxylation sites is 1. The standard InChI is InChI=1S/C10H12N4O2/c1-2-11-9(15)13-14-10(16)12-8-6-4-3-5-7-8/h3-7H,2H2,1H3,(H,11,15)(H,12,16)/b14-13+. The van der Waals surface area contributed by atoms with Crippen molar-refractivity contribution in [2.45, 2.75) is 6.92 Å². The van der Waals surface area contributed by atoms with Crippen LogP contribution in [0.15, 0.2) is 40.6 Å². The number of carbonyl (C=O) groups is 2. The number of hydrogen-bond donors (Lipinski definition) is 2. The highest BCUT2D eigenvalue weighted by Crippen LogP contribution is 2.05. The van der Waals surface area contributed by atoms with Crippen molar-refractivity contribution in [3.8, 4) is 0 Å². The lowest BCUT2D eigenvalue weighted by Gasteiger charge is -1.98. The molecule has 1 aromatic rings. The first-order valence-electron chi connectivity index (χ1n) is 4.78. The Balaban J connectivity index is 2.45. The maximum Gasteiger partial charge on any atom is 0.364 e. The SMILES string of the molecule is CCNC(=O)/N=N/C(=O)Nc1ccccc1. The number of hydrogen-bond acceptors (Lipinski definition) is 2. The molecule has 4 amide bonds. The zero-order valence-corrected chi connectivity index (χ0v) is 8.80. The van der Waals surface area contributed by atoms with E-state index in [4.69, 9.17) is 0 Å². The molecule has 0 spiro atoms. The highest BCUT2D eigenvalue weighted by Gasteiger charge is 2.00. The molecule has 0 heterocycles. The van der Waals surface area contributed by atoms with Gasteiger partial charge in [-0.2, -0.15) is 0 Å². The van der Waals surface area contributed by atoms with Gasteiger partial charge in [-0.3, -0.25) is 0 Å². The topological polar surface area (TPSA) is 82.9 Å². The first-order valence-corrected chi connectivity index (χ1v) is 4.78. The Labute approximate surface area is 92.8 Å². The lowest BCUT2D eigenvalue weighted by molar-refractivity contribution is 0.245. The number of azo groups is 1. The van der Waals surface area contributed by atoms with Crippen molar-refractivity contribution >= 4 is 17.7 Å². The van der Waals surface area contributed by atoms with Gasteiger partial charge >= 0.3 is 12.1 Å². The molecular formula is C10H12N4O2. The summed E-state index contributed by atoms with van der Waals surface area (Å²) in [5.74, 6) is 0. The van der Waals surface area contributed by atoms with Crippen molar-refractivity contribution in [3.05, 3.63) is 30.3 Å². The van der Waals surface area contributed by atoms with Crippen molar-refractivity contribution < 1.29 is 9.59 Å². The predicted octanol–water partition coefficient (Wildman–Crippen LogP) is 2.40. The van der Waals surface area contributed by atoms with Crippen LogP contribution in [0.25, 0.3) is 0 Å². The monoisotopic (exact) mass is 220 g/mol. The Morgan fingerprint density at radius 3 is 2.38 bits per heavy atom. The van der Waals surface area contributed by atoms with E-state index < -0.39 is 12.1 Å². The molecule has 0 unspecified atom stereocenters. The largest absolute Gasteiger partial charge is 0.364 e. The van der Waals surface area contributed by atoms with Crippen LogP contribution in [0.1, 0.15) is 6.92 Å². The third-order valence-corrected chi connectivity index (χ3v) is 1.58. The van der Waals surface area contributed by atoms with Gasteiger partial charge in [0.15, 0.2) is 0 Å². The zero-order valence-electron chi connectivity index (χ0n) is 8.80. The molecule has 0 bridgehead atoms. The van der Waals surface area contributed by atoms with Gasteiger partial charge in [-0.15, -0.1) is 0 Å². The second kappa shape index (κ2) is 6.28.